The van der Waals surface area contributed by atoms with Gasteiger partial charge in [-0.3, -0.25) is 0 Å². The second-order valence-electron chi connectivity index (χ2n) is 4.67. The van der Waals surface area contributed by atoms with E-state index in [1.165, 1.54) is 12.1 Å². The van der Waals surface area contributed by atoms with Gasteiger partial charge in [0.2, 0.25) is 0 Å². The summed E-state index contributed by atoms with van der Waals surface area (Å²) in [6.45, 7) is 4.81. The Morgan fingerprint density at radius 2 is 2.33 bits per heavy atom. The van der Waals surface area contributed by atoms with E-state index in [-0.39, 0.29) is 11.9 Å². The number of benzene rings is 1. The van der Waals surface area contributed by atoms with Gasteiger partial charge in [-0.1, -0.05) is 28.9 Å². The molecule has 1 aliphatic rings. The Hall–Kier alpha value is -0.450. The van der Waals surface area contributed by atoms with Crippen LogP contribution in [-0.2, 0) is 4.74 Å². The maximum Gasteiger partial charge on any atom is 0.124 e. The monoisotopic (exact) mass is 315 g/mol. The first-order valence-electron chi connectivity index (χ1n) is 6.49. The molecule has 2 unspecified atom stereocenters. The molecule has 4 heteroatoms. The van der Waals surface area contributed by atoms with Crippen molar-refractivity contribution in [2.45, 2.75) is 25.9 Å². The van der Waals surface area contributed by atoms with Crippen LogP contribution in [0.5, 0.6) is 0 Å². The second-order valence-corrected chi connectivity index (χ2v) is 5.52. The topological polar surface area (TPSA) is 21.3 Å². The molecule has 0 aliphatic carbocycles. The summed E-state index contributed by atoms with van der Waals surface area (Å²) in [4.78, 5) is 0. The van der Waals surface area contributed by atoms with Crippen molar-refractivity contribution >= 4 is 15.9 Å². The highest BCUT2D eigenvalue weighted by Gasteiger charge is 2.28. The van der Waals surface area contributed by atoms with Gasteiger partial charge < -0.3 is 10.1 Å². The maximum atomic E-state index is 13.1. The van der Waals surface area contributed by atoms with E-state index in [0.717, 1.165) is 42.6 Å². The molecule has 1 fully saturated rings. The summed E-state index contributed by atoms with van der Waals surface area (Å²) >= 11 is 3.44. The van der Waals surface area contributed by atoms with Gasteiger partial charge >= 0.3 is 0 Å². The summed E-state index contributed by atoms with van der Waals surface area (Å²) in [6.07, 6.45) is 2.32. The smallest absolute Gasteiger partial charge is 0.124 e. The highest BCUT2D eigenvalue weighted by Crippen LogP contribution is 2.37. The summed E-state index contributed by atoms with van der Waals surface area (Å²) in [5, 5.41) is 3.38. The SMILES string of the molecule is CCNCC1CCCOC1c1ccc(F)cc1Br. The van der Waals surface area contributed by atoms with E-state index < -0.39 is 0 Å². The molecule has 1 aromatic rings. The minimum Gasteiger partial charge on any atom is -0.373 e. The number of hydrogen-bond donors (Lipinski definition) is 1. The summed E-state index contributed by atoms with van der Waals surface area (Å²) in [6, 6.07) is 4.84. The summed E-state index contributed by atoms with van der Waals surface area (Å²) in [7, 11) is 0. The molecule has 1 saturated heterocycles. The first kappa shape index (κ1) is 14.0. The fourth-order valence-electron chi connectivity index (χ4n) is 2.46. The van der Waals surface area contributed by atoms with E-state index in [1.807, 2.05) is 6.07 Å². The van der Waals surface area contributed by atoms with Gasteiger partial charge in [0.15, 0.2) is 0 Å². The Kier molecular flexibility index (Phi) is 5.15. The lowest BCUT2D eigenvalue weighted by molar-refractivity contribution is -0.0280. The van der Waals surface area contributed by atoms with Crippen LogP contribution in [0, 0.1) is 11.7 Å². The van der Waals surface area contributed by atoms with Crippen LogP contribution in [0.3, 0.4) is 0 Å². The van der Waals surface area contributed by atoms with Gasteiger partial charge in [-0.25, -0.2) is 4.39 Å². The highest BCUT2D eigenvalue weighted by molar-refractivity contribution is 9.10. The molecule has 0 bridgehead atoms. The molecule has 0 radical (unpaired) electrons. The fraction of sp³-hybridized carbons (Fsp3) is 0.571. The number of rotatable bonds is 4. The summed E-state index contributed by atoms with van der Waals surface area (Å²) < 4.78 is 19.8. The second kappa shape index (κ2) is 6.64. The molecular formula is C14H19BrFNO. The van der Waals surface area contributed by atoms with Gasteiger partial charge in [-0.05, 0) is 37.1 Å². The van der Waals surface area contributed by atoms with Crippen LogP contribution in [-0.4, -0.2) is 19.7 Å². The lowest BCUT2D eigenvalue weighted by Gasteiger charge is -2.32. The van der Waals surface area contributed by atoms with Gasteiger partial charge in [0.1, 0.15) is 5.82 Å². The molecule has 0 aromatic heterocycles. The Morgan fingerprint density at radius 3 is 3.06 bits per heavy atom. The quantitative estimate of drug-likeness (QED) is 0.915. The molecule has 0 spiro atoms. The summed E-state index contributed by atoms with van der Waals surface area (Å²) in [5.41, 5.74) is 1.05. The molecule has 1 aromatic carbocycles. The van der Waals surface area contributed by atoms with Gasteiger partial charge in [-0.2, -0.15) is 0 Å². The minimum atomic E-state index is -0.218. The van der Waals surface area contributed by atoms with Crippen LogP contribution in [0.25, 0.3) is 0 Å². The molecule has 18 heavy (non-hydrogen) atoms. The average molecular weight is 316 g/mol. The molecule has 100 valence electrons. The van der Waals surface area contributed by atoms with Crippen molar-refractivity contribution in [2.75, 3.05) is 19.7 Å². The predicted octanol–water partition coefficient (Wildman–Crippen LogP) is 3.67. The Labute approximate surface area is 116 Å². The molecule has 0 saturated carbocycles. The first-order valence-corrected chi connectivity index (χ1v) is 7.29. The molecule has 1 heterocycles. The van der Waals surface area contributed by atoms with E-state index in [0.29, 0.717) is 5.92 Å². The number of halogens is 2. The zero-order chi connectivity index (χ0) is 13.0. The molecule has 1 N–H and O–H groups in total. The van der Waals surface area contributed by atoms with Crippen molar-refractivity contribution < 1.29 is 9.13 Å². The van der Waals surface area contributed by atoms with E-state index in [9.17, 15) is 4.39 Å². The largest absolute Gasteiger partial charge is 0.373 e. The molecule has 2 atom stereocenters. The van der Waals surface area contributed by atoms with Crippen molar-refractivity contribution in [3.05, 3.63) is 34.1 Å². The predicted molar refractivity (Wildman–Crippen MR) is 74.1 cm³/mol. The van der Waals surface area contributed by atoms with E-state index in [2.05, 4.69) is 28.2 Å². The fourth-order valence-corrected chi connectivity index (χ4v) is 3.03. The number of nitrogens with one attached hydrogen (secondary N) is 1. The summed E-state index contributed by atoms with van der Waals surface area (Å²) in [5.74, 6) is 0.241. The van der Waals surface area contributed by atoms with Crippen LogP contribution >= 0.6 is 15.9 Å². The first-order chi connectivity index (χ1) is 8.72. The van der Waals surface area contributed by atoms with Crippen LogP contribution in [0.4, 0.5) is 4.39 Å². The van der Waals surface area contributed by atoms with E-state index in [4.69, 9.17) is 4.74 Å². The third kappa shape index (κ3) is 3.31. The maximum absolute atomic E-state index is 13.1. The van der Waals surface area contributed by atoms with Crippen molar-refractivity contribution in [3.8, 4) is 0 Å². The van der Waals surface area contributed by atoms with Crippen LogP contribution in [0.1, 0.15) is 31.4 Å². The van der Waals surface area contributed by atoms with Gasteiger partial charge in [-0.15, -0.1) is 0 Å². The van der Waals surface area contributed by atoms with Gasteiger partial charge in [0, 0.05) is 23.5 Å². The Morgan fingerprint density at radius 1 is 1.50 bits per heavy atom. The Balaban J connectivity index is 2.16. The normalized spacial score (nSPS) is 24.2. The van der Waals surface area contributed by atoms with Gasteiger partial charge in [0.25, 0.3) is 0 Å². The van der Waals surface area contributed by atoms with Gasteiger partial charge in [0.05, 0.1) is 6.10 Å². The third-order valence-corrected chi connectivity index (χ3v) is 4.06. The van der Waals surface area contributed by atoms with Crippen molar-refractivity contribution in [1.82, 2.24) is 5.32 Å². The van der Waals surface area contributed by atoms with Crippen molar-refractivity contribution in [1.29, 1.82) is 0 Å². The van der Waals surface area contributed by atoms with Crippen molar-refractivity contribution in [2.24, 2.45) is 5.92 Å². The third-order valence-electron chi connectivity index (χ3n) is 3.37. The zero-order valence-electron chi connectivity index (χ0n) is 10.6. The lowest BCUT2D eigenvalue weighted by atomic mass is 9.89. The highest BCUT2D eigenvalue weighted by atomic mass is 79.9. The van der Waals surface area contributed by atoms with Crippen LogP contribution in [0.15, 0.2) is 22.7 Å². The minimum absolute atomic E-state index is 0.0628. The standard InChI is InChI=1S/C14H19BrFNO/c1-2-17-9-10-4-3-7-18-14(10)12-6-5-11(16)8-13(12)15/h5-6,8,10,14,17H,2-4,7,9H2,1H3. The number of ether oxygens (including phenoxy) is 1. The zero-order valence-corrected chi connectivity index (χ0v) is 12.2. The van der Waals surface area contributed by atoms with Crippen LogP contribution < -0.4 is 5.32 Å². The lowest BCUT2D eigenvalue weighted by Crippen LogP contribution is -2.32. The molecule has 2 rings (SSSR count). The van der Waals surface area contributed by atoms with Crippen molar-refractivity contribution in [3.63, 3.8) is 0 Å². The Bertz CT molecular complexity index is 399. The van der Waals surface area contributed by atoms with E-state index >= 15 is 0 Å². The number of hydrogen-bond acceptors (Lipinski definition) is 2. The molecule has 0 amide bonds. The molecule has 1 aliphatic heterocycles. The average Bonchev–Trinajstić information content (AvgIpc) is 2.37. The molecular weight excluding hydrogens is 297 g/mol. The van der Waals surface area contributed by atoms with E-state index in [1.54, 1.807) is 0 Å². The van der Waals surface area contributed by atoms with Crippen LogP contribution in [0.2, 0.25) is 0 Å². The molecule has 2 nitrogen and oxygen atoms in total.